The number of likely N-dealkylation sites (tertiary alicyclic amines) is 1. The first kappa shape index (κ1) is 13.3. The van der Waals surface area contributed by atoms with E-state index in [2.05, 4.69) is 29.2 Å². The van der Waals surface area contributed by atoms with Gasteiger partial charge in [-0.3, -0.25) is 4.79 Å². The minimum atomic E-state index is -0.130. The van der Waals surface area contributed by atoms with Crippen LogP contribution >= 0.6 is 11.6 Å². The molecule has 1 aliphatic heterocycles. The Labute approximate surface area is 112 Å². The highest BCUT2D eigenvalue weighted by atomic mass is 35.5. The lowest BCUT2D eigenvalue weighted by Gasteiger charge is -2.35. The highest BCUT2D eigenvalue weighted by molar-refractivity contribution is 6.32. The number of carbonyl (C=O) groups excluding carboxylic acids is 1. The minimum absolute atomic E-state index is 0.130. The van der Waals surface area contributed by atoms with E-state index in [0.29, 0.717) is 11.6 Å². The van der Waals surface area contributed by atoms with Crippen LogP contribution in [0, 0.1) is 0 Å². The minimum Gasteiger partial charge on any atom is -0.349 e. The van der Waals surface area contributed by atoms with Gasteiger partial charge in [0.05, 0.1) is 5.56 Å². The summed E-state index contributed by atoms with van der Waals surface area (Å²) in [4.78, 5) is 18.3. The largest absolute Gasteiger partial charge is 0.349 e. The molecule has 1 aromatic heterocycles. The zero-order valence-electron chi connectivity index (χ0n) is 10.7. The number of rotatable bonds is 2. The van der Waals surface area contributed by atoms with Crippen LogP contribution in [0.2, 0.25) is 5.15 Å². The Kier molecular flexibility index (Phi) is 4.19. The topological polar surface area (TPSA) is 45.2 Å². The number of hydrogen-bond donors (Lipinski definition) is 1. The maximum atomic E-state index is 12.1. The average molecular weight is 268 g/mol. The Morgan fingerprint density at radius 1 is 1.61 bits per heavy atom. The summed E-state index contributed by atoms with van der Waals surface area (Å²) in [6, 6.07) is 4.13. The van der Waals surface area contributed by atoms with Gasteiger partial charge in [-0.1, -0.05) is 11.6 Å². The van der Waals surface area contributed by atoms with Crippen molar-refractivity contribution in [1.29, 1.82) is 0 Å². The molecule has 0 bridgehead atoms. The van der Waals surface area contributed by atoms with Gasteiger partial charge < -0.3 is 10.2 Å². The normalized spacial score (nSPS) is 24.8. The van der Waals surface area contributed by atoms with Gasteiger partial charge in [0.1, 0.15) is 5.15 Å². The number of nitrogens with zero attached hydrogens (tertiary/aromatic N) is 2. The third-order valence-electron chi connectivity index (χ3n) is 3.55. The van der Waals surface area contributed by atoms with Gasteiger partial charge in [-0.15, -0.1) is 0 Å². The highest BCUT2D eigenvalue weighted by Crippen LogP contribution is 2.17. The van der Waals surface area contributed by atoms with E-state index in [0.717, 1.165) is 19.4 Å². The molecule has 1 saturated heterocycles. The molecule has 1 fully saturated rings. The number of aromatic nitrogens is 1. The Bertz CT molecular complexity index is 438. The Morgan fingerprint density at radius 3 is 3.06 bits per heavy atom. The molecule has 98 valence electrons. The second-order valence-electron chi connectivity index (χ2n) is 4.87. The summed E-state index contributed by atoms with van der Waals surface area (Å²) in [5.41, 5.74) is 0.450. The number of halogens is 1. The van der Waals surface area contributed by atoms with Crippen LogP contribution < -0.4 is 5.32 Å². The van der Waals surface area contributed by atoms with Crippen LogP contribution in [-0.2, 0) is 0 Å². The standard InChI is InChI=1S/C13H18ClN3O/c1-9-8-10(5-7-17(9)2)16-13(18)11-4-3-6-15-12(11)14/h3-4,6,9-10H,5,7-8H2,1-2H3,(H,16,18). The second kappa shape index (κ2) is 5.67. The van der Waals surface area contributed by atoms with Crippen LogP contribution in [0.1, 0.15) is 30.1 Å². The van der Waals surface area contributed by atoms with Gasteiger partial charge in [-0.25, -0.2) is 4.98 Å². The van der Waals surface area contributed by atoms with Crippen molar-refractivity contribution >= 4 is 17.5 Å². The summed E-state index contributed by atoms with van der Waals surface area (Å²) in [6.45, 7) is 3.18. The van der Waals surface area contributed by atoms with Crippen LogP contribution in [0.5, 0.6) is 0 Å². The molecule has 0 aromatic carbocycles. The Hall–Kier alpha value is -1.13. The van der Waals surface area contributed by atoms with Gasteiger partial charge in [0.25, 0.3) is 5.91 Å². The first-order valence-corrected chi connectivity index (χ1v) is 6.57. The third-order valence-corrected chi connectivity index (χ3v) is 3.85. The Balaban J connectivity index is 1.98. The number of amides is 1. The van der Waals surface area contributed by atoms with E-state index >= 15 is 0 Å². The lowest BCUT2D eigenvalue weighted by molar-refractivity contribution is 0.0896. The molecule has 2 atom stereocenters. The van der Waals surface area contributed by atoms with Crippen molar-refractivity contribution in [2.24, 2.45) is 0 Å². The molecule has 0 saturated carbocycles. The summed E-state index contributed by atoms with van der Waals surface area (Å²) in [6.07, 6.45) is 3.53. The van der Waals surface area contributed by atoms with Crippen molar-refractivity contribution in [3.05, 3.63) is 29.0 Å². The van der Waals surface area contributed by atoms with Crippen LogP contribution in [0.15, 0.2) is 18.3 Å². The zero-order valence-corrected chi connectivity index (χ0v) is 11.4. The van der Waals surface area contributed by atoms with Crippen molar-refractivity contribution in [2.75, 3.05) is 13.6 Å². The summed E-state index contributed by atoms with van der Waals surface area (Å²) < 4.78 is 0. The smallest absolute Gasteiger partial charge is 0.254 e. The molecule has 0 spiro atoms. The molecule has 0 aliphatic carbocycles. The van der Waals surface area contributed by atoms with E-state index in [1.54, 1.807) is 18.3 Å². The second-order valence-corrected chi connectivity index (χ2v) is 5.22. The third kappa shape index (κ3) is 3.00. The molecule has 1 aliphatic rings. The fraction of sp³-hybridized carbons (Fsp3) is 0.538. The lowest BCUT2D eigenvalue weighted by atomic mass is 9.98. The van der Waals surface area contributed by atoms with Gasteiger partial charge in [0.15, 0.2) is 0 Å². The van der Waals surface area contributed by atoms with Gasteiger partial charge >= 0.3 is 0 Å². The predicted octanol–water partition coefficient (Wildman–Crippen LogP) is 1.95. The first-order valence-electron chi connectivity index (χ1n) is 6.19. The average Bonchev–Trinajstić information content (AvgIpc) is 2.34. The molecule has 5 heteroatoms. The predicted molar refractivity (Wildman–Crippen MR) is 71.8 cm³/mol. The summed E-state index contributed by atoms with van der Waals surface area (Å²) in [7, 11) is 2.11. The van der Waals surface area contributed by atoms with E-state index in [1.165, 1.54) is 0 Å². The molecule has 18 heavy (non-hydrogen) atoms. The monoisotopic (exact) mass is 267 g/mol. The van der Waals surface area contributed by atoms with Gasteiger partial charge in [-0.05, 0) is 38.9 Å². The molecular formula is C13H18ClN3O. The van der Waals surface area contributed by atoms with Crippen molar-refractivity contribution in [1.82, 2.24) is 15.2 Å². The number of piperidine rings is 1. The fourth-order valence-electron chi connectivity index (χ4n) is 2.24. The van der Waals surface area contributed by atoms with Crippen LogP contribution in [0.25, 0.3) is 0 Å². The highest BCUT2D eigenvalue weighted by Gasteiger charge is 2.24. The molecular weight excluding hydrogens is 250 g/mol. The maximum Gasteiger partial charge on any atom is 0.254 e. The number of nitrogens with one attached hydrogen (secondary N) is 1. The quantitative estimate of drug-likeness (QED) is 0.833. The van der Waals surface area contributed by atoms with Crippen molar-refractivity contribution in [3.8, 4) is 0 Å². The lowest BCUT2D eigenvalue weighted by Crippen LogP contribution is -2.47. The summed E-state index contributed by atoms with van der Waals surface area (Å²) in [5.74, 6) is -0.130. The first-order chi connectivity index (χ1) is 8.58. The maximum absolute atomic E-state index is 12.1. The van der Waals surface area contributed by atoms with Crippen molar-refractivity contribution in [3.63, 3.8) is 0 Å². The summed E-state index contributed by atoms with van der Waals surface area (Å²) >= 11 is 5.91. The number of pyridine rings is 1. The zero-order chi connectivity index (χ0) is 13.1. The SMILES string of the molecule is CC1CC(NC(=O)c2cccnc2Cl)CCN1C. The van der Waals surface area contributed by atoms with Crippen molar-refractivity contribution in [2.45, 2.75) is 31.8 Å². The summed E-state index contributed by atoms with van der Waals surface area (Å²) in [5, 5.41) is 3.30. The van der Waals surface area contributed by atoms with Gasteiger partial charge in [-0.2, -0.15) is 0 Å². The van der Waals surface area contributed by atoms with E-state index < -0.39 is 0 Å². The van der Waals surface area contributed by atoms with Crippen LogP contribution in [0.4, 0.5) is 0 Å². The molecule has 0 radical (unpaired) electrons. The van der Waals surface area contributed by atoms with E-state index in [-0.39, 0.29) is 17.1 Å². The molecule has 2 heterocycles. The van der Waals surface area contributed by atoms with E-state index in [4.69, 9.17) is 11.6 Å². The molecule has 1 amide bonds. The van der Waals surface area contributed by atoms with Gasteiger partial charge in [0.2, 0.25) is 0 Å². The van der Waals surface area contributed by atoms with Crippen LogP contribution in [0.3, 0.4) is 0 Å². The molecule has 4 nitrogen and oxygen atoms in total. The number of carbonyl (C=O) groups is 1. The van der Waals surface area contributed by atoms with Crippen LogP contribution in [-0.4, -0.2) is 41.5 Å². The molecule has 1 N–H and O–H groups in total. The fourth-order valence-corrected chi connectivity index (χ4v) is 2.44. The van der Waals surface area contributed by atoms with Gasteiger partial charge in [0, 0.05) is 24.8 Å². The molecule has 2 unspecified atom stereocenters. The Morgan fingerprint density at radius 2 is 2.39 bits per heavy atom. The molecule has 1 aromatic rings. The van der Waals surface area contributed by atoms with E-state index in [1.807, 2.05) is 0 Å². The van der Waals surface area contributed by atoms with E-state index in [9.17, 15) is 4.79 Å². The number of hydrogen-bond acceptors (Lipinski definition) is 3. The molecule has 2 rings (SSSR count). The van der Waals surface area contributed by atoms with Crippen molar-refractivity contribution < 1.29 is 4.79 Å².